The fraction of sp³-hybridized carbons (Fsp3) is 0.0612. The molecule has 0 saturated carbocycles. The van der Waals surface area contributed by atoms with E-state index in [0.29, 0.717) is 6.54 Å². The Kier molecular flexibility index (Phi) is 9.21. The lowest BCUT2D eigenvalue weighted by atomic mass is 10.0. The molecule has 0 amide bonds. The van der Waals surface area contributed by atoms with Crippen LogP contribution in [0.1, 0.15) is 11.3 Å². The maximum atomic E-state index is 5.16. The zero-order valence-corrected chi connectivity index (χ0v) is 30.4. The maximum Gasteiger partial charge on any atom is 0.146 e. The van der Waals surface area contributed by atoms with E-state index in [1.165, 1.54) is 11.1 Å². The van der Waals surface area contributed by atoms with Gasteiger partial charge in [-0.1, -0.05) is 158 Å². The lowest BCUT2D eigenvalue weighted by Gasteiger charge is -2.32. The summed E-state index contributed by atoms with van der Waals surface area (Å²) in [4.78, 5) is 11.9. The Labute approximate surface area is 322 Å². The highest BCUT2D eigenvalue weighted by Crippen LogP contribution is 2.38. The fourth-order valence-corrected chi connectivity index (χ4v) is 7.52. The summed E-state index contributed by atoms with van der Waals surface area (Å²) in [6.45, 7) is 6.02. The average molecular weight is 713 g/mol. The molecule has 0 aliphatic carbocycles. The first-order valence-corrected chi connectivity index (χ1v) is 18.7. The Morgan fingerprint density at radius 2 is 1.16 bits per heavy atom. The van der Waals surface area contributed by atoms with Gasteiger partial charge in [0, 0.05) is 36.3 Å². The average Bonchev–Trinajstić information content (AvgIpc) is 3.66. The molecular weight excluding hydrogens is 673 g/mol. The van der Waals surface area contributed by atoms with Crippen molar-refractivity contribution in [2.24, 2.45) is 4.99 Å². The van der Waals surface area contributed by atoms with Crippen LogP contribution >= 0.6 is 0 Å². The number of aromatic nitrogens is 2. The van der Waals surface area contributed by atoms with Gasteiger partial charge in [0.25, 0.3) is 0 Å². The molecular formula is C49H40N6. The number of para-hydroxylation sites is 2. The normalized spacial score (nSPS) is 13.2. The molecule has 2 aliphatic rings. The van der Waals surface area contributed by atoms with Crippen LogP contribution < -0.4 is 15.5 Å². The number of nitrogens with zero attached hydrogens (tertiary/aromatic N) is 4. The Bertz CT molecular complexity index is 2560. The van der Waals surface area contributed by atoms with Gasteiger partial charge in [-0.15, -0.1) is 0 Å². The van der Waals surface area contributed by atoms with E-state index in [0.717, 1.165) is 86.7 Å². The molecule has 2 N–H and O–H groups in total. The van der Waals surface area contributed by atoms with E-state index < -0.39 is 0 Å². The van der Waals surface area contributed by atoms with Crippen molar-refractivity contribution in [2.45, 2.75) is 6.54 Å². The van der Waals surface area contributed by atoms with Crippen LogP contribution in [-0.2, 0) is 6.54 Å². The lowest BCUT2D eigenvalue weighted by molar-refractivity contribution is 0.764. The number of fused-ring (bicyclic) bond motifs is 1. The van der Waals surface area contributed by atoms with Crippen LogP contribution in [-0.4, -0.2) is 29.4 Å². The molecule has 3 heterocycles. The fourth-order valence-electron chi connectivity index (χ4n) is 7.52. The first kappa shape index (κ1) is 33.6. The molecule has 6 aromatic carbocycles. The molecule has 0 atom stereocenters. The van der Waals surface area contributed by atoms with Gasteiger partial charge in [0.1, 0.15) is 28.9 Å². The van der Waals surface area contributed by atoms with E-state index in [-0.39, 0.29) is 0 Å². The summed E-state index contributed by atoms with van der Waals surface area (Å²) in [7, 11) is 0. The van der Waals surface area contributed by atoms with E-state index in [1.807, 2.05) is 6.08 Å². The molecule has 1 aromatic heterocycles. The van der Waals surface area contributed by atoms with Crippen molar-refractivity contribution in [3.63, 3.8) is 0 Å². The number of hydrogen-bond acceptors (Lipinski definition) is 5. The summed E-state index contributed by atoms with van der Waals surface area (Å²) in [5.74, 6) is 2.85. The van der Waals surface area contributed by atoms with Gasteiger partial charge in [0.05, 0.1) is 11.4 Å². The topological polar surface area (TPSA) is 57.5 Å². The van der Waals surface area contributed by atoms with Gasteiger partial charge < -0.3 is 15.5 Å². The molecule has 6 nitrogen and oxygen atoms in total. The number of hydrogen-bond donors (Lipinski definition) is 2. The van der Waals surface area contributed by atoms with Crippen LogP contribution in [0.2, 0.25) is 0 Å². The van der Waals surface area contributed by atoms with Gasteiger partial charge in [0.15, 0.2) is 0 Å². The van der Waals surface area contributed by atoms with Crippen LogP contribution in [0.5, 0.6) is 0 Å². The lowest BCUT2D eigenvalue weighted by Crippen LogP contribution is -2.34. The monoisotopic (exact) mass is 712 g/mol. The van der Waals surface area contributed by atoms with Crippen molar-refractivity contribution >= 4 is 24.3 Å². The number of allylic oxidation sites excluding steroid dienone is 1. The molecule has 0 radical (unpaired) electrons. The standard InChI is InChI=1S/C49H40N6/c1-50-43-20-12-32-51-48(43)54(45-22-10-8-18-41(45)38-14-4-2-5-15-38)34-35-24-26-36(27-25-35)37-28-30-40(31-29-37)47-53-44-21-13-33-52-49(44)55(47)46-23-11-9-19-42(46)39-16-6-3-7-17-39/h2-31,51-52H,1,32-34H2. The van der Waals surface area contributed by atoms with Gasteiger partial charge in [-0.3, -0.25) is 9.56 Å². The number of imidazole rings is 1. The Balaban J connectivity index is 1.04. The van der Waals surface area contributed by atoms with Crippen LogP contribution in [0.3, 0.4) is 0 Å². The summed E-state index contributed by atoms with van der Waals surface area (Å²) in [5, 5.41) is 7.18. The second kappa shape index (κ2) is 15.0. The highest BCUT2D eigenvalue weighted by Gasteiger charge is 2.23. The van der Waals surface area contributed by atoms with Gasteiger partial charge in [-0.25, -0.2) is 4.98 Å². The Morgan fingerprint density at radius 1 is 0.582 bits per heavy atom. The number of rotatable bonds is 10. The smallest absolute Gasteiger partial charge is 0.146 e. The van der Waals surface area contributed by atoms with E-state index in [1.54, 1.807) is 0 Å². The molecule has 9 rings (SSSR count). The van der Waals surface area contributed by atoms with Gasteiger partial charge in [-0.05, 0) is 58.8 Å². The number of nitrogens with one attached hydrogen (secondary N) is 2. The minimum absolute atomic E-state index is 0.651. The summed E-state index contributed by atoms with van der Waals surface area (Å²) in [5.41, 5.74) is 13.1. The molecule has 7 aromatic rings. The summed E-state index contributed by atoms with van der Waals surface area (Å²) in [6.07, 6.45) is 8.35. The van der Waals surface area contributed by atoms with Crippen molar-refractivity contribution in [1.29, 1.82) is 0 Å². The van der Waals surface area contributed by atoms with Gasteiger partial charge in [0.2, 0.25) is 0 Å². The molecule has 55 heavy (non-hydrogen) atoms. The molecule has 0 bridgehead atoms. The highest BCUT2D eigenvalue weighted by atomic mass is 15.3. The third kappa shape index (κ3) is 6.66. The Morgan fingerprint density at radius 3 is 1.89 bits per heavy atom. The molecule has 6 heteroatoms. The number of benzene rings is 6. The summed E-state index contributed by atoms with van der Waals surface area (Å²) < 4.78 is 2.27. The molecule has 0 spiro atoms. The predicted molar refractivity (Wildman–Crippen MR) is 229 cm³/mol. The van der Waals surface area contributed by atoms with Crippen molar-refractivity contribution in [3.8, 4) is 50.5 Å². The second-order valence-electron chi connectivity index (χ2n) is 13.6. The molecule has 0 fully saturated rings. The Hall–Kier alpha value is -7.18. The number of dihydropyridines is 1. The zero-order chi connectivity index (χ0) is 37.0. The van der Waals surface area contributed by atoms with Crippen molar-refractivity contribution in [3.05, 3.63) is 199 Å². The third-order valence-electron chi connectivity index (χ3n) is 10.2. The summed E-state index contributed by atoms with van der Waals surface area (Å²) in [6, 6.07) is 55.8. The second-order valence-corrected chi connectivity index (χ2v) is 13.6. The minimum Gasteiger partial charge on any atom is -0.366 e. The SMILES string of the molecule is C=NC1=C(N(Cc2ccc(-c3ccc(-c4nc5c(n4-c4ccccc4-c4ccccc4)NCC=C5)cc3)cc2)c2ccccc2-c2ccccc2)NCC=C1. The van der Waals surface area contributed by atoms with Crippen LogP contribution in [0.15, 0.2) is 192 Å². The zero-order valence-electron chi connectivity index (χ0n) is 30.4. The van der Waals surface area contributed by atoms with Crippen LogP contribution in [0.4, 0.5) is 11.5 Å². The van der Waals surface area contributed by atoms with Crippen LogP contribution in [0.25, 0.3) is 56.5 Å². The minimum atomic E-state index is 0.651. The molecule has 0 unspecified atom stereocenters. The van der Waals surface area contributed by atoms with E-state index in [9.17, 15) is 0 Å². The van der Waals surface area contributed by atoms with E-state index >= 15 is 0 Å². The third-order valence-corrected chi connectivity index (χ3v) is 10.2. The van der Waals surface area contributed by atoms with Gasteiger partial charge >= 0.3 is 0 Å². The van der Waals surface area contributed by atoms with E-state index in [4.69, 9.17) is 4.98 Å². The van der Waals surface area contributed by atoms with Gasteiger partial charge in [-0.2, -0.15) is 0 Å². The molecule has 266 valence electrons. The van der Waals surface area contributed by atoms with E-state index in [2.05, 4.69) is 208 Å². The quantitative estimate of drug-likeness (QED) is 0.139. The van der Waals surface area contributed by atoms with Crippen molar-refractivity contribution < 1.29 is 0 Å². The highest BCUT2D eigenvalue weighted by molar-refractivity contribution is 5.82. The van der Waals surface area contributed by atoms with Crippen molar-refractivity contribution in [1.82, 2.24) is 14.9 Å². The number of anilines is 2. The first-order valence-electron chi connectivity index (χ1n) is 18.7. The maximum absolute atomic E-state index is 5.16. The predicted octanol–water partition coefficient (Wildman–Crippen LogP) is 11.0. The largest absolute Gasteiger partial charge is 0.366 e. The summed E-state index contributed by atoms with van der Waals surface area (Å²) >= 11 is 0. The molecule has 2 aliphatic heterocycles. The number of aliphatic imine (C=N–C) groups is 1. The molecule has 0 saturated heterocycles. The van der Waals surface area contributed by atoms with Crippen LogP contribution in [0, 0.1) is 0 Å². The first-order chi connectivity index (χ1) is 27.2. The van der Waals surface area contributed by atoms with Crippen molar-refractivity contribution in [2.75, 3.05) is 23.3 Å².